The molecule has 0 radical (unpaired) electrons. The first-order valence-electron chi connectivity index (χ1n) is 7.13. The molecular formula is C15H21N3O3. The van der Waals surface area contributed by atoms with Gasteiger partial charge in [0.05, 0.1) is 17.1 Å². The van der Waals surface area contributed by atoms with Gasteiger partial charge < -0.3 is 15.4 Å². The number of anilines is 1. The third-order valence-corrected chi connectivity index (χ3v) is 3.15. The molecule has 1 aliphatic rings. The molecule has 0 aromatic heterocycles. The van der Waals surface area contributed by atoms with Crippen molar-refractivity contribution < 1.29 is 9.66 Å². The highest BCUT2D eigenvalue weighted by Gasteiger charge is 2.12. The lowest BCUT2D eigenvalue weighted by Gasteiger charge is -2.16. The summed E-state index contributed by atoms with van der Waals surface area (Å²) >= 11 is 0. The van der Waals surface area contributed by atoms with Crippen LogP contribution in [0.1, 0.15) is 20.3 Å². The lowest BCUT2D eigenvalue weighted by molar-refractivity contribution is -0.384. The zero-order valence-corrected chi connectivity index (χ0v) is 12.4. The van der Waals surface area contributed by atoms with Crippen LogP contribution >= 0.6 is 0 Å². The van der Waals surface area contributed by atoms with Gasteiger partial charge in [-0.2, -0.15) is 0 Å². The van der Waals surface area contributed by atoms with Crippen LogP contribution in [0, 0.1) is 10.1 Å². The summed E-state index contributed by atoms with van der Waals surface area (Å²) in [5.74, 6) is 0.515. The number of nitro groups is 1. The van der Waals surface area contributed by atoms with Gasteiger partial charge in [-0.1, -0.05) is 11.6 Å². The minimum Gasteiger partial charge on any atom is -0.491 e. The molecule has 1 aromatic carbocycles. The molecular weight excluding hydrogens is 270 g/mol. The van der Waals surface area contributed by atoms with Crippen LogP contribution in [0.3, 0.4) is 0 Å². The maximum absolute atomic E-state index is 11.0. The lowest BCUT2D eigenvalue weighted by Crippen LogP contribution is -2.23. The Kier molecular flexibility index (Phi) is 5.16. The quantitative estimate of drug-likeness (QED) is 0.479. The largest absolute Gasteiger partial charge is 0.491 e. The highest BCUT2D eigenvalue weighted by atomic mass is 16.6. The first kappa shape index (κ1) is 15.3. The highest BCUT2D eigenvalue weighted by molar-refractivity contribution is 5.57. The molecule has 6 heteroatoms. The van der Waals surface area contributed by atoms with Gasteiger partial charge in [-0.3, -0.25) is 10.1 Å². The van der Waals surface area contributed by atoms with Crippen molar-refractivity contribution in [2.45, 2.75) is 26.4 Å². The SMILES string of the molecule is CC(C)Oc1cc(NCC2=CCNCC2)cc([N+](=O)[O-])c1. The Balaban J connectivity index is 2.11. The molecule has 0 saturated heterocycles. The fourth-order valence-electron chi connectivity index (χ4n) is 2.18. The number of ether oxygens (including phenoxy) is 1. The second kappa shape index (κ2) is 7.08. The van der Waals surface area contributed by atoms with Crippen LogP contribution in [-0.4, -0.2) is 30.7 Å². The Bertz CT molecular complexity index is 541. The second-order valence-electron chi connectivity index (χ2n) is 5.31. The fraction of sp³-hybridized carbons (Fsp3) is 0.467. The van der Waals surface area contributed by atoms with Crippen molar-refractivity contribution in [3.63, 3.8) is 0 Å². The molecule has 1 aliphatic heterocycles. The van der Waals surface area contributed by atoms with E-state index in [0.717, 1.165) is 19.5 Å². The van der Waals surface area contributed by atoms with E-state index in [2.05, 4.69) is 16.7 Å². The summed E-state index contributed by atoms with van der Waals surface area (Å²) < 4.78 is 5.57. The zero-order chi connectivity index (χ0) is 15.2. The van der Waals surface area contributed by atoms with Crippen LogP contribution in [0.25, 0.3) is 0 Å². The van der Waals surface area contributed by atoms with Gasteiger partial charge in [0, 0.05) is 30.9 Å². The average molecular weight is 291 g/mol. The number of nitro benzene ring substituents is 1. The molecule has 0 saturated carbocycles. The number of benzene rings is 1. The summed E-state index contributed by atoms with van der Waals surface area (Å²) in [6, 6.07) is 4.79. The zero-order valence-electron chi connectivity index (χ0n) is 12.4. The summed E-state index contributed by atoms with van der Waals surface area (Å²) in [5, 5.41) is 17.5. The number of non-ortho nitro benzene ring substituents is 1. The Morgan fingerprint density at radius 2 is 2.24 bits per heavy atom. The molecule has 2 N–H and O–H groups in total. The molecule has 0 bridgehead atoms. The maximum atomic E-state index is 11.0. The Morgan fingerprint density at radius 3 is 2.86 bits per heavy atom. The van der Waals surface area contributed by atoms with E-state index in [1.165, 1.54) is 17.7 Å². The van der Waals surface area contributed by atoms with Gasteiger partial charge in [-0.05, 0) is 26.8 Å². The maximum Gasteiger partial charge on any atom is 0.275 e. The molecule has 0 fully saturated rings. The van der Waals surface area contributed by atoms with Crippen LogP contribution in [0.4, 0.5) is 11.4 Å². The molecule has 21 heavy (non-hydrogen) atoms. The van der Waals surface area contributed by atoms with E-state index < -0.39 is 4.92 Å². The lowest BCUT2D eigenvalue weighted by atomic mass is 10.1. The molecule has 6 nitrogen and oxygen atoms in total. The van der Waals surface area contributed by atoms with E-state index in [9.17, 15) is 10.1 Å². The molecule has 1 aromatic rings. The van der Waals surface area contributed by atoms with Crippen LogP contribution in [-0.2, 0) is 0 Å². The number of hydrogen-bond donors (Lipinski definition) is 2. The first-order chi connectivity index (χ1) is 10.0. The van der Waals surface area contributed by atoms with Crippen LogP contribution in [0.5, 0.6) is 5.75 Å². The van der Waals surface area contributed by atoms with Gasteiger partial charge in [0.25, 0.3) is 5.69 Å². The van der Waals surface area contributed by atoms with Gasteiger partial charge in [0.2, 0.25) is 0 Å². The molecule has 0 aliphatic carbocycles. The molecule has 0 unspecified atom stereocenters. The van der Waals surface area contributed by atoms with Crippen molar-refractivity contribution in [1.29, 1.82) is 0 Å². The number of hydrogen-bond acceptors (Lipinski definition) is 5. The van der Waals surface area contributed by atoms with Gasteiger partial charge in [-0.15, -0.1) is 0 Å². The summed E-state index contributed by atoms with van der Waals surface area (Å²) in [7, 11) is 0. The molecule has 0 atom stereocenters. The van der Waals surface area contributed by atoms with Gasteiger partial charge in [-0.25, -0.2) is 0 Å². The summed E-state index contributed by atoms with van der Waals surface area (Å²) in [5.41, 5.74) is 2.06. The second-order valence-corrected chi connectivity index (χ2v) is 5.31. The topological polar surface area (TPSA) is 76.4 Å². The third kappa shape index (κ3) is 4.75. The predicted molar refractivity (Wildman–Crippen MR) is 82.9 cm³/mol. The van der Waals surface area contributed by atoms with E-state index in [1.807, 2.05) is 13.8 Å². The van der Waals surface area contributed by atoms with Crippen molar-refractivity contribution >= 4 is 11.4 Å². The molecule has 2 rings (SSSR count). The molecule has 1 heterocycles. The third-order valence-electron chi connectivity index (χ3n) is 3.15. The van der Waals surface area contributed by atoms with Crippen molar-refractivity contribution in [1.82, 2.24) is 5.32 Å². The number of rotatable bonds is 6. The summed E-state index contributed by atoms with van der Waals surface area (Å²) in [6.45, 7) is 6.35. The van der Waals surface area contributed by atoms with Crippen LogP contribution < -0.4 is 15.4 Å². The fourth-order valence-corrected chi connectivity index (χ4v) is 2.18. The number of nitrogens with zero attached hydrogens (tertiary/aromatic N) is 1. The normalized spacial score (nSPS) is 14.7. The van der Waals surface area contributed by atoms with Gasteiger partial charge >= 0.3 is 0 Å². The Hall–Kier alpha value is -2.08. The summed E-state index contributed by atoms with van der Waals surface area (Å²) in [6.07, 6.45) is 3.13. The number of nitrogens with one attached hydrogen (secondary N) is 2. The molecule has 0 spiro atoms. The highest BCUT2D eigenvalue weighted by Crippen LogP contribution is 2.27. The smallest absolute Gasteiger partial charge is 0.275 e. The molecule has 0 amide bonds. The van der Waals surface area contributed by atoms with Crippen molar-refractivity contribution in [3.8, 4) is 5.75 Å². The molecule has 114 valence electrons. The van der Waals surface area contributed by atoms with E-state index in [-0.39, 0.29) is 11.8 Å². The van der Waals surface area contributed by atoms with Crippen LogP contribution in [0.15, 0.2) is 29.8 Å². The van der Waals surface area contributed by atoms with E-state index in [4.69, 9.17) is 4.74 Å². The van der Waals surface area contributed by atoms with E-state index >= 15 is 0 Å². The van der Waals surface area contributed by atoms with E-state index in [1.54, 1.807) is 6.07 Å². The van der Waals surface area contributed by atoms with Crippen molar-refractivity contribution in [2.24, 2.45) is 0 Å². The minimum atomic E-state index is -0.401. The van der Waals surface area contributed by atoms with Crippen molar-refractivity contribution in [2.75, 3.05) is 25.0 Å². The minimum absolute atomic E-state index is 0.0213. The summed E-state index contributed by atoms with van der Waals surface area (Å²) in [4.78, 5) is 10.6. The first-order valence-corrected chi connectivity index (χ1v) is 7.13. The van der Waals surface area contributed by atoms with Crippen molar-refractivity contribution in [3.05, 3.63) is 40.0 Å². The van der Waals surface area contributed by atoms with Gasteiger partial charge in [0.1, 0.15) is 5.75 Å². The van der Waals surface area contributed by atoms with E-state index in [0.29, 0.717) is 18.0 Å². The standard InChI is InChI=1S/C15H21N3O3/c1-11(2)21-15-8-13(7-14(9-15)18(19)20)17-10-12-3-5-16-6-4-12/h3,7-9,11,16-17H,4-6,10H2,1-2H3. The van der Waals surface area contributed by atoms with Crippen LogP contribution in [0.2, 0.25) is 0 Å². The predicted octanol–water partition coefficient (Wildman–Crippen LogP) is 2.71. The monoisotopic (exact) mass is 291 g/mol. The Morgan fingerprint density at radius 1 is 1.43 bits per heavy atom. The van der Waals surface area contributed by atoms with Gasteiger partial charge in [0.15, 0.2) is 0 Å². The average Bonchev–Trinajstić information content (AvgIpc) is 2.45. The Labute approximate surface area is 124 Å².